The van der Waals surface area contributed by atoms with Crippen LogP contribution in [0.25, 0.3) is 0 Å². The SMILES string of the molecule is CN1CC[CH]C1c1ccccc1Cl. The number of rotatable bonds is 1. The lowest BCUT2D eigenvalue weighted by Crippen LogP contribution is -2.17. The standard InChI is InChI=1S/C11H13ClN/c1-13-8-4-7-11(13)9-5-2-3-6-10(9)12/h2-3,5-7,11H,4,8H2,1H3. The van der Waals surface area contributed by atoms with Gasteiger partial charge in [-0.2, -0.15) is 0 Å². The van der Waals surface area contributed by atoms with Crippen molar-refractivity contribution < 1.29 is 0 Å². The highest BCUT2D eigenvalue weighted by Gasteiger charge is 2.24. The van der Waals surface area contributed by atoms with E-state index in [2.05, 4.69) is 24.4 Å². The number of hydrogen-bond acceptors (Lipinski definition) is 1. The topological polar surface area (TPSA) is 3.24 Å². The molecule has 2 rings (SSSR count). The van der Waals surface area contributed by atoms with Gasteiger partial charge in [-0.1, -0.05) is 29.8 Å². The second-order valence-corrected chi connectivity index (χ2v) is 3.88. The van der Waals surface area contributed by atoms with Crippen LogP contribution < -0.4 is 0 Å². The lowest BCUT2D eigenvalue weighted by atomic mass is 10.1. The molecular weight excluding hydrogens is 182 g/mol. The second-order valence-electron chi connectivity index (χ2n) is 3.47. The molecule has 1 unspecified atom stereocenters. The van der Waals surface area contributed by atoms with Gasteiger partial charge in [-0.05, 0) is 38.1 Å². The van der Waals surface area contributed by atoms with E-state index in [4.69, 9.17) is 11.6 Å². The van der Waals surface area contributed by atoms with Gasteiger partial charge in [-0.25, -0.2) is 0 Å². The van der Waals surface area contributed by atoms with Crippen LogP contribution in [-0.4, -0.2) is 18.5 Å². The Hall–Kier alpha value is -0.530. The molecule has 1 aliphatic heterocycles. The molecule has 1 heterocycles. The quantitative estimate of drug-likeness (QED) is 0.665. The summed E-state index contributed by atoms with van der Waals surface area (Å²) in [6, 6.07) is 8.48. The van der Waals surface area contributed by atoms with Gasteiger partial charge >= 0.3 is 0 Å². The summed E-state index contributed by atoms with van der Waals surface area (Å²) in [6.45, 7) is 1.13. The molecule has 0 spiro atoms. The summed E-state index contributed by atoms with van der Waals surface area (Å²) >= 11 is 6.12. The van der Waals surface area contributed by atoms with Gasteiger partial charge in [0.2, 0.25) is 0 Å². The molecular formula is C11H13ClN. The smallest absolute Gasteiger partial charge is 0.0453 e. The zero-order chi connectivity index (χ0) is 9.26. The van der Waals surface area contributed by atoms with Gasteiger partial charge in [0.15, 0.2) is 0 Å². The molecule has 0 N–H and O–H groups in total. The van der Waals surface area contributed by atoms with E-state index in [1.54, 1.807) is 0 Å². The van der Waals surface area contributed by atoms with E-state index in [0.29, 0.717) is 6.04 Å². The number of likely N-dealkylation sites (tertiary alicyclic amines) is 1. The average Bonchev–Trinajstić information content (AvgIpc) is 2.52. The first-order valence-electron chi connectivity index (χ1n) is 4.57. The number of halogens is 1. The minimum Gasteiger partial charge on any atom is -0.299 e. The van der Waals surface area contributed by atoms with Gasteiger partial charge in [0.05, 0.1) is 0 Å². The molecule has 1 nitrogen and oxygen atoms in total. The summed E-state index contributed by atoms with van der Waals surface area (Å²) in [4.78, 5) is 2.32. The van der Waals surface area contributed by atoms with Crippen molar-refractivity contribution in [3.05, 3.63) is 41.3 Å². The number of hydrogen-bond donors (Lipinski definition) is 0. The molecule has 1 aromatic carbocycles. The minimum absolute atomic E-state index is 0.411. The zero-order valence-electron chi connectivity index (χ0n) is 7.70. The van der Waals surface area contributed by atoms with Crippen molar-refractivity contribution in [1.82, 2.24) is 4.90 Å². The van der Waals surface area contributed by atoms with Crippen molar-refractivity contribution >= 4 is 11.6 Å². The van der Waals surface area contributed by atoms with Gasteiger partial charge in [0, 0.05) is 11.1 Å². The molecule has 1 fully saturated rings. The number of nitrogens with zero attached hydrogens (tertiary/aromatic N) is 1. The third-order valence-corrected chi connectivity index (χ3v) is 2.91. The summed E-state index contributed by atoms with van der Waals surface area (Å²) in [5.41, 5.74) is 1.23. The third-order valence-electron chi connectivity index (χ3n) is 2.57. The van der Waals surface area contributed by atoms with Crippen molar-refractivity contribution in [2.75, 3.05) is 13.6 Å². The Labute approximate surface area is 84.3 Å². The Kier molecular flexibility index (Phi) is 2.56. The Balaban J connectivity index is 2.29. The molecule has 1 atom stereocenters. The van der Waals surface area contributed by atoms with E-state index in [1.807, 2.05) is 18.2 Å². The maximum absolute atomic E-state index is 6.12. The lowest BCUT2D eigenvalue weighted by molar-refractivity contribution is 0.334. The summed E-state index contributed by atoms with van der Waals surface area (Å²) < 4.78 is 0. The van der Waals surface area contributed by atoms with Gasteiger partial charge in [0.1, 0.15) is 0 Å². The Morgan fingerprint density at radius 1 is 1.38 bits per heavy atom. The molecule has 1 radical (unpaired) electrons. The molecule has 1 aliphatic rings. The van der Waals surface area contributed by atoms with Crippen molar-refractivity contribution in [2.45, 2.75) is 12.5 Å². The fraction of sp³-hybridized carbons (Fsp3) is 0.364. The van der Waals surface area contributed by atoms with Crippen molar-refractivity contribution in [3.63, 3.8) is 0 Å². The summed E-state index contributed by atoms with van der Waals surface area (Å²) in [6.07, 6.45) is 3.48. The van der Waals surface area contributed by atoms with Crippen LogP contribution in [0.15, 0.2) is 24.3 Å². The molecule has 0 aromatic heterocycles. The predicted molar refractivity (Wildman–Crippen MR) is 55.7 cm³/mol. The van der Waals surface area contributed by atoms with Gasteiger partial charge in [-0.15, -0.1) is 0 Å². The number of benzene rings is 1. The molecule has 69 valence electrons. The highest BCUT2D eigenvalue weighted by molar-refractivity contribution is 6.31. The van der Waals surface area contributed by atoms with Crippen molar-refractivity contribution in [1.29, 1.82) is 0 Å². The van der Waals surface area contributed by atoms with Gasteiger partial charge < -0.3 is 0 Å². The first kappa shape index (κ1) is 9.04. The summed E-state index contributed by atoms with van der Waals surface area (Å²) in [5, 5.41) is 0.873. The van der Waals surface area contributed by atoms with E-state index < -0.39 is 0 Å². The molecule has 0 saturated carbocycles. The van der Waals surface area contributed by atoms with Crippen LogP contribution in [-0.2, 0) is 0 Å². The maximum Gasteiger partial charge on any atom is 0.0453 e. The van der Waals surface area contributed by atoms with Crippen LogP contribution in [0.1, 0.15) is 18.0 Å². The normalized spacial score (nSPS) is 23.7. The first-order chi connectivity index (χ1) is 6.29. The van der Waals surface area contributed by atoms with Crippen LogP contribution in [0.2, 0.25) is 5.02 Å². The molecule has 1 aromatic rings. The Morgan fingerprint density at radius 2 is 2.15 bits per heavy atom. The fourth-order valence-corrected chi connectivity index (χ4v) is 2.08. The first-order valence-corrected chi connectivity index (χ1v) is 4.95. The zero-order valence-corrected chi connectivity index (χ0v) is 8.46. The average molecular weight is 195 g/mol. The van der Waals surface area contributed by atoms with Crippen LogP contribution >= 0.6 is 11.6 Å². The van der Waals surface area contributed by atoms with Crippen LogP contribution in [0, 0.1) is 6.42 Å². The van der Waals surface area contributed by atoms with Crippen molar-refractivity contribution in [2.24, 2.45) is 0 Å². The summed E-state index contributed by atoms with van der Waals surface area (Å²) in [7, 11) is 2.14. The van der Waals surface area contributed by atoms with E-state index in [-0.39, 0.29) is 0 Å². The Bertz CT molecular complexity index is 298. The minimum atomic E-state index is 0.411. The molecule has 0 bridgehead atoms. The van der Waals surface area contributed by atoms with E-state index in [1.165, 1.54) is 5.56 Å². The van der Waals surface area contributed by atoms with Crippen LogP contribution in [0.4, 0.5) is 0 Å². The summed E-state index contributed by atoms with van der Waals surface area (Å²) in [5.74, 6) is 0. The lowest BCUT2D eigenvalue weighted by Gasteiger charge is -2.20. The molecule has 2 heteroatoms. The maximum atomic E-state index is 6.12. The molecule has 13 heavy (non-hydrogen) atoms. The largest absolute Gasteiger partial charge is 0.299 e. The fourth-order valence-electron chi connectivity index (χ4n) is 1.83. The van der Waals surface area contributed by atoms with Crippen LogP contribution in [0.5, 0.6) is 0 Å². The van der Waals surface area contributed by atoms with Gasteiger partial charge in [-0.3, -0.25) is 4.90 Å². The molecule has 0 aliphatic carbocycles. The second kappa shape index (κ2) is 3.69. The predicted octanol–water partition coefficient (Wildman–Crippen LogP) is 2.92. The van der Waals surface area contributed by atoms with Crippen LogP contribution in [0.3, 0.4) is 0 Å². The van der Waals surface area contributed by atoms with E-state index in [9.17, 15) is 0 Å². The van der Waals surface area contributed by atoms with E-state index >= 15 is 0 Å². The van der Waals surface area contributed by atoms with E-state index in [0.717, 1.165) is 18.0 Å². The monoisotopic (exact) mass is 194 g/mol. The molecule has 1 saturated heterocycles. The Morgan fingerprint density at radius 3 is 2.77 bits per heavy atom. The third kappa shape index (κ3) is 1.72. The highest BCUT2D eigenvalue weighted by atomic mass is 35.5. The van der Waals surface area contributed by atoms with Gasteiger partial charge in [0.25, 0.3) is 0 Å². The molecule has 0 amide bonds. The van der Waals surface area contributed by atoms with Crippen molar-refractivity contribution in [3.8, 4) is 0 Å². The highest BCUT2D eigenvalue weighted by Crippen LogP contribution is 2.33.